The summed E-state index contributed by atoms with van der Waals surface area (Å²) >= 11 is 1.85. The molecular weight excluding hydrogens is 209 g/mol. The summed E-state index contributed by atoms with van der Waals surface area (Å²) in [6, 6.07) is 7.21. The molecule has 0 fully saturated rings. The Hall–Kier alpha value is -0.540. The number of thioether (sulfide) groups is 1. The van der Waals surface area contributed by atoms with Gasteiger partial charge in [0, 0.05) is 18.3 Å². The molecule has 0 saturated carbocycles. The molecule has 15 heavy (non-hydrogen) atoms. The smallest absolute Gasteiger partial charge is 0.123 e. The highest BCUT2D eigenvalue weighted by atomic mass is 32.2. The van der Waals surface area contributed by atoms with E-state index in [4.69, 9.17) is 0 Å². The van der Waals surface area contributed by atoms with E-state index in [0.29, 0.717) is 6.04 Å². The van der Waals surface area contributed by atoms with Crippen LogP contribution in [0.3, 0.4) is 0 Å². The topological polar surface area (TPSA) is 12.0 Å². The van der Waals surface area contributed by atoms with E-state index in [0.717, 1.165) is 24.3 Å². The van der Waals surface area contributed by atoms with Crippen molar-refractivity contribution in [3.05, 3.63) is 35.6 Å². The van der Waals surface area contributed by atoms with Crippen molar-refractivity contribution in [1.82, 2.24) is 5.32 Å². The van der Waals surface area contributed by atoms with Crippen molar-refractivity contribution in [2.45, 2.75) is 25.9 Å². The summed E-state index contributed by atoms with van der Waals surface area (Å²) in [6.45, 7) is 3.00. The fourth-order valence-corrected chi connectivity index (χ4v) is 2.14. The lowest BCUT2D eigenvalue weighted by atomic mass is 10.2. The minimum Gasteiger partial charge on any atom is -0.309 e. The predicted molar refractivity (Wildman–Crippen MR) is 65.7 cm³/mol. The Morgan fingerprint density at radius 2 is 2.00 bits per heavy atom. The number of hydrogen-bond acceptors (Lipinski definition) is 2. The third-order valence-corrected chi connectivity index (χ3v) is 3.10. The van der Waals surface area contributed by atoms with Crippen molar-refractivity contribution < 1.29 is 4.39 Å². The molecule has 0 aromatic heterocycles. The number of rotatable bonds is 6. The zero-order chi connectivity index (χ0) is 11.1. The van der Waals surface area contributed by atoms with Crippen LogP contribution in [-0.2, 0) is 6.54 Å². The molecule has 0 aliphatic carbocycles. The molecule has 0 bridgehead atoms. The average Bonchev–Trinajstić information content (AvgIpc) is 2.26. The van der Waals surface area contributed by atoms with E-state index < -0.39 is 0 Å². The Kier molecular flexibility index (Phi) is 5.73. The minimum atomic E-state index is -0.171. The van der Waals surface area contributed by atoms with Crippen molar-refractivity contribution >= 4 is 11.8 Å². The molecule has 1 rings (SSSR count). The average molecular weight is 227 g/mol. The van der Waals surface area contributed by atoms with Gasteiger partial charge in [-0.05, 0) is 30.4 Å². The number of benzene rings is 1. The lowest BCUT2D eigenvalue weighted by Gasteiger charge is -2.15. The van der Waals surface area contributed by atoms with E-state index >= 15 is 0 Å². The molecule has 1 unspecified atom stereocenters. The Morgan fingerprint density at radius 3 is 2.53 bits per heavy atom. The SMILES string of the molecule is CCC(CSC)NCc1ccc(F)cc1. The molecule has 3 heteroatoms. The first-order valence-electron chi connectivity index (χ1n) is 5.23. The summed E-state index contributed by atoms with van der Waals surface area (Å²) in [5, 5.41) is 3.46. The third kappa shape index (κ3) is 4.67. The van der Waals surface area contributed by atoms with Gasteiger partial charge in [-0.25, -0.2) is 4.39 Å². The van der Waals surface area contributed by atoms with Crippen LogP contribution in [0.4, 0.5) is 4.39 Å². The molecule has 1 nitrogen and oxygen atoms in total. The monoisotopic (exact) mass is 227 g/mol. The van der Waals surface area contributed by atoms with Gasteiger partial charge in [-0.2, -0.15) is 11.8 Å². The summed E-state index contributed by atoms with van der Waals surface area (Å²) in [5.41, 5.74) is 1.14. The molecule has 84 valence electrons. The molecule has 0 aliphatic rings. The van der Waals surface area contributed by atoms with Gasteiger partial charge in [0.1, 0.15) is 5.82 Å². The summed E-state index contributed by atoms with van der Waals surface area (Å²) in [5.74, 6) is 0.951. The van der Waals surface area contributed by atoms with E-state index in [9.17, 15) is 4.39 Å². The predicted octanol–water partition coefficient (Wildman–Crippen LogP) is 3.06. The van der Waals surface area contributed by atoms with Gasteiger partial charge in [-0.1, -0.05) is 19.1 Å². The Balaban J connectivity index is 2.38. The van der Waals surface area contributed by atoms with Gasteiger partial charge in [-0.15, -0.1) is 0 Å². The molecule has 1 N–H and O–H groups in total. The molecule has 0 saturated heterocycles. The highest BCUT2D eigenvalue weighted by molar-refractivity contribution is 7.98. The van der Waals surface area contributed by atoms with Gasteiger partial charge in [0.25, 0.3) is 0 Å². The Morgan fingerprint density at radius 1 is 1.33 bits per heavy atom. The normalized spacial score (nSPS) is 12.7. The fraction of sp³-hybridized carbons (Fsp3) is 0.500. The van der Waals surface area contributed by atoms with Crippen molar-refractivity contribution in [2.24, 2.45) is 0 Å². The van der Waals surface area contributed by atoms with Crippen molar-refractivity contribution in [3.63, 3.8) is 0 Å². The lowest BCUT2D eigenvalue weighted by Crippen LogP contribution is -2.30. The first kappa shape index (κ1) is 12.5. The van der Waals surface area contributed by atoms with E-state index in [1.165, 1.54) is 12.1 Å². The molecule has 0 radical (unpaired) electrons. The molecule has 0 aliphatic heterocycles. The Bertz CT molecular complexity index is 273. The maximum atomic E-state index is 12.6. The molecular formula is C12H18FNS. The summed E-state index contributed by atoms with van der Waals surface area (Å²) in [7, 11) is 0. The van der Waals surface area contributed by atoms with Crippen LogP contribution in [0.1, 0.15) is 18.9 Å². The molecule has 0 heterocycles. The van der Waals surface area contributed by atoms with Crippen LogP contribution in [-0.4, -0.2) is 18.1 Å². The standard InChI is InChI=1S/C12H18FNS/c1-3-12(9-15-2)14-8-10-4-6-11(13)7-5-10/h4-7,12,14H,3,8-9H2,1-2H3. The zero-order valence-electron chi connectivity index (χ0n) is 9.29. The van der Waals surface area contributed by atoms with Crippen molar-refractivity contribution in [2.75, 3.05) is 12.0 Å². The Labute approximate surface area is 95.5 Å². The first-order valence-corrected chi connectivity index (χ1v) is 6.62. The first-order chi connectivity index (χ1) is 7.26. The van der Waals surface area contributed by atoms with E-state index in [-0.39, 0.29) is 5.82 Å². The van der Waals surface area contributed by atoms with Crippen LogP contribution in [0.15, 0.2) is 24.3 Å². The lowest BCUT2D eigenvalue weighted by molar-refractivity contribution is 0.540. The second kappa shape index (κ2) is 6.85. The van der Waals surface area contributed by atoms with Crippen LogP contribution in [0, 0.1) is 5.82 Å². The fourth-order valence-electron chi connectivity index (χ4n) is 1.39. The highest BCUT2D eigenvalue weighted by Gasteiger charge is 2.03. The summed E-state index contributed by atoms with van der Waals surface area (Å²) in [6.07, 6.45) is 3.24. The van der Waals surface area contributed by atoms with E-state index in [1.54, 1.807) is 0 Å². The van der Waals surface area contributed by atoms with E-state index in [2.05, 4.69) is 18.5 Å². The van der Waals surface area contributed by atoms with E-state index in [1.807, 2.05) is 23.9 Å². The highest BCUT2D eigenvalue weighted by Crippen LogP contribution is 2.05. The summed E-state index contributed by atoms with van der Waals surface area (Å²) in [4.78, 5) is 0. The molecule has 1 aromatic rings. The van der Waals surface area contributed by atoms with Crippen LogP contribution in [0.25, 0.3) is 0 Å². The second-order valence-electron chi connectivity index (χ2n) is 3.57. The van der Waals surface area contributed by atoms with Crippen LogP contribution < -0.4 is 5.32 Å². The van der Waals surface area contributed by atoms with Crippen LogP contribution in [0.5, 0.6) is 0 Å². The van der Waals surface area contributed by atoms with Gasteiger partial charge in [-0.3, -0.25) is 0 Å². The molecule has 0 amide bonds. The number of nitrogens with one attached hydrogen (secondary N) is 1. The van der Waals surface area contributed by atoms with Crippen LogP contribution >= 0.6 is 11.8 Å². The summed E-state index contributed by atoms with van der Waals surface area (Å²) < 4.78 is 12.6. The van der Waals surface area contributed by atoms with Gasteiger partial charge >= 0.3 is 0 Å². The number of hydrogen-bond donors (Lipinski definition) is 1. The maximum absolute atomic E-state index is 12.6. The largest absolute Gasteiger partial charge is 0.309 e. The number of halogens is 1. The molecule has 0 spiro atoms. The van der Waals surface area contributed by atoms with Gasteiger partial charge in [0.05, 0.1) is 0 Å². The van der Waals surface area contributed by atoms with Gasteiger partial charge in [0.2, 0.25) is 0 Å². The van der Waals surface area contributed by atoms with Crippen molar-refractivity contribution in [3.8, 4) is 0 Å². The van der Waals surface area contributed by atoms with Crippen molar-refractivity contribution in [1.29, 1.82) is 0 Å². The molecule has 1 aromatic carbocycles. The molecule has 1 atom stereocenters. The second-order valence-corrected chi connectivity index (χ2v) is 4.48. The van der Waals surface area contributed by atoms with Gasteiger partial charge < -0.3 is 5.32 Å². The van der Waals surface area contributed by atoms with Crippen LogP contribution in [0.2, 0.25) is 0 Å². The quantitative estimate of drug-likeness (QED) is 0.801. The van der Waals surface area contributed by atoms with Gasteiger partial charge in [0.15, 0.2) is 0 Å². The third-order valence-electron chi connectivity index (χ3n) is 2.37. The minimum absolute atomic E-state index is 0.171. The zero-order valence-corrected chi connectivity index (χ0v) is 10.1. The maximum Gasteiger partial charge on any atom is 0.123 e.